The summed E-state index contributed by atoms with van der Waals surface area (Å²) >= 11 is 0. The molecule has 1 fully saturated rings. The van der Waals surface area contributed by atoms with E-state index in [-0.39, 0.29) is 6.54 Å². The molecule has 1 aliphatic heterocycles. The number of hydrogen-bond acceptors (Lipinski definition) is 5. The summed E-state index contributed by atoms with van der Waals surface area (Å²) < 4.78 is 6.78. The first-order chi connectivity index (χ1) is 12.9. The molecule has 0 aliphatic carbocycles. The monoisotopic (exact) mass is 375 g/mol. The number of amides is 1. The van der Waals surface area contributed by atoms with Gasteiger partial charge in [0.2, 0.25) is 6.41 Å². The number of aliphatic carboxylic acids is 2. The van der Waals surface area contributed by atoms with Gasteiger partial charge in [-0.3, -0.25) is 19.3 Å². The Bertz CT molecular complexity index is 869. The van der Waals surface area contributed by atoms with Crippen LogP contribution in [0, 0.1) is 0 Å². The second kappa shape index (κ2) is 7.67. The highest BCUT2D eigenvalue weighted by molar-refractivity contribution is 5.91. The van der Waals surface area contributed by atoms with Crippen LogP contribution in [-0.4, -0.2) is 76.2 Å². The van der Waals surface area contributed by atoms with Crippen molar-refractivity contribution in [3.63, 3.8) is 0 Å². The number of carbonyl (C=O) groups is 3. The topological polar surface area (TPSA) is 112 Å². The minimum absolute atomic E-state index is 0.270. The highest BCUT2D eigenvalue weighted by atomic mass is 16.5. The molecule has 1 atom stereocenters. The predicted octanol–water partition coefficient (Wildman–Crippen LogP) is 0.634. The molecule has 1 aliphatic rings. The number of carbonyl (C=O) groups excluding carboxylic acids is 1. The van der Waals surface area contributed by atoms with Crippen molar-refractivity contribution >= 4 is 29.3 Å². The largest absolute Gasteiger partial charge is 0.497 e. The van der Waals surface area contributed by atoms with Crippen LogP contribution in [0.5, 0.6) is 5.75 Å². The Morgan fingerprint density at radius 3 is 2.48 bits per heavy atom. The summed E-state index contributed by atoms with van der Waals surface area (Å²) in [5.74, 6) is -1.47. The molecule has 0 bridgehead atoms. The van der Waals surface area contributed by atoms with Gasteiger partial charge in [-0.15, -0.1) is 0 Å². The minimum atomic E-state index is -1.02. The van der Waals surface area contributed by atoms with E-state index in [4.69, 9.17) is 4.74 Å². The molecule has 0 unspecified atom stereocenters. The summed E-state index contributed by atoms with van der Waals surface area (Å²) in [5, 5.41) is 19.7. The normalized spacial score (nSPS) is 16.3. The van der Waals surface area contributed by atoms with Crippen LogP contribution in [0.25, 0.3) is 10.9 Å². The molecule has 1 saturated heterocycles. The number of ether oxygens (including phenoxy) is 1. The molecule has 0 spiro atoms. The molecule has 1 aromatic carbocycles. The lowest BCUT2D eigenvalue weighted by Gasteiger charge is -2.36. The van der Waals surface area contributed by atoms with Gasteiger partial charge in [0, 0.05) is 48.8 Å². The van der Waals surface area contributed by atoms with Gasteiger partial charge in [0.15, 0.2) is 0 Å². The maximum absolute atomic E-state index is 12.1. The van der Waals surface area contributed by atoms with Crippen LogP contribution < -0.4 is 4.74 Å². The zero-order chi connectivity index (χ0) is 19.6. The fourth-order valence-electron chi connectivity index (χ4n) is 3.51. The Kier molecular flexibility index (Phi) is 5.31. The van der Waals surface area contributed by atoms with Crippen LogP contribution in [0.1, 0.15) is 11.6 Å². The third kappa shape index (κ3) is 3.72. The Labute approximate surface area is 155 Å². The number of nitrogens with zero attached hydrogens (tertiary/aromatic N) is 3. The van der Waals surface area contributed by atoms with Crippen molar-refractivity contribution in [3.8, 4) is 5.75 Å². The molecule has 1 amide bonds. The molecule has 2 aromatic rings. The van der Waals surface area contributed by atoms with Crippen molar-refractivity contribution in [2.75, 3.05) is 33.3 Å². The summed E-state index contributed by atoms with van der Waals surface area (Å²) in [4.78, 5) is 37.6. The maximum atomic E-state index is 12.1. The van der Waals surface area contributed by atoms with Crippen molar-refractivity contribution in [2.24, 2.45) is 0 Å². The lowest BCUT2D eigenvalue weighted by Crippen LogP contribution is -2.48. The van der Waals surface area contributed by atoms with Crippen LogP contribution in [0.4, 0.5) is 0 Å². The summed E-state index contributed by atoms with van der Waals surface area (Å²) in [6.45, 7) is 1.47. The number of piperazine rings is 1. The first kappa shape index (κ1) is 18.7. The second-order valence-electron chi connectivity index (χ2n) is 6.41. The molecular weight excluding hydrogens is 354 g/mol. The van der Waals surface area contributed by atoms with Gasteiger partial charge in [-0.25, -0.2) is 0 Å². The van der Waals surface area contributed by atoms with Crippen LogP contribution in [-0.2, 0) is 20.9 Å². The van der Waals surface area contributed by atoms with E-state index in [1.54, 1.807) is 34.2 Å². The van der Waals surface area contributed by atoms with Gasteiger partial charge in [0.1, 0.15) is 18.3 Å². The molecule has 9 heteroatoms. The first-order valence-electron chi connectivity index (χ1n) is 8.49. The van der Waals surface area contributed by atoms with E-state index in [9.17, 15) is 24.6 Å². The smallest absolute Gasteiger partial charge is 0.325 e. The van der Waals surface area contributed by atoms with Gasteiger partial charge >= 0.3 is 11.9 Å². The van der Waals surface area contributed by atoms with E-state index >= 15 is 0 Å². The molecule has 27 heavy (non-hydrogen) atoms. The summed E-state index contributed by atoms with van der Waals surface area (Å²) in [6.07, 6.45) is 2.35. The van der Waals surface area contributed by atoms with Gasteiger partial charge < -0.3 is 24.4 Å². The zero-order valence-corrected chi connectivity index (χ0v) is 14.9. The number of fused-ring (bicyclic) bond motifs is 1. The minimum Gasteiger partial charge on any atom is -0.497 e. The third-order valence-corrected chi connectivity index (χ3v) is 4.82. The van der Waals surface area contributed by atoms with E-state index in [1.807, 2.05) is 0 Å². The Hall–Kier alpha value is -3.07. The number of aromatic nitrogens is 1. The quantitative estimate of drug-likeness (QED) is 0.683. The van der Waals surface area contributed by atoms with Crippen molar-refractivity contribution in [1.29, 1.82) is 0 Å². The van der Waals surface area contributed by atoms with Gasteiger partial charge in [-0.1, -0.05) is 0 Å². The average Bonchev–Trinajstić information content (AvgIpc) is 2.99. The first-order valence-corrected chi connectivity index (χ1v) is 8.49. The Morgan fingerprint density at radius 2 is 1.93 bits per heavy atom. The van der Waals surface area contributed by atoms with Crippen LogP contribution in [0.2, 0.25) is 0 Å². The van der Waals surface area contributed by atoms with Crippen molar-refractivity contribution in [3.05, 3.63) is 30.0 Å². The number of carboxylic acids is 2. The fraction of sp³-hybridized carbons (Fsp3) is 0.389. The van der Waals surface area contributed by atoms with Crippen molar-refractivity contribution < 1.29 is 29.3 Å². The van der Waals surface area contributed by atoms with Crippen molar-refractivity contribution in [2.45, 2.75) is 12.6 Å². The number of hydrogen-bond donors (Lipinski definition) is 2. The van der Waals surface area contributed by atoms with Crippen LogP contribution in [0.15, 0.2) is 24.4 Å². The fourth-order valence-corrected chi connectivity index (χ4v) is 3.51. The molecule has 2 N–H and O–H groups in total. The van der Waals surface area contributed by atoms with Crippen LogP contribution >= 0.6 is 0 Å². The highest BCUT2D eigenvalue weighted by Crippen LogP contribution is 2.33. The zero-order valence-electron chi connectivity index (χ0n) is 14.9. The summed E-state index contributed by atoms with van der Waals surface area (Å²) in [5.41, 5.74) is 1.14. The molecule has 0 radical (unpaired) electrons. The lowest BCUT2D eigenvalue weighted by atomic mass is 10.0. The summed E-state index contributed by atoms with van der Waals surface area (Å²) in [7, 11) is 1.52. The highest BCUT2D eigenvalue weighted by Gasteiger charge is 2.32. The molecule has 2 heterocycles. The predicted molar refractivity (Wildman–Crippen MR) is 95.7 cm³/mol. The van der Waals surface area contributed by atoms with E-state index in [2.05, 4.69) is 0 Å². The number of carboxylic acid groups (broad SMARTS) is 2. The molecule has 3 rings (SSSR count). The molecule has 0 saturated carbocycles. The van der Waals surface area contributed by atoms with Gasteiger partial charge in [-0.05, 0) is 18.2 Å². The molecule has 144 valence electrons. The SMILES string of the molecule is COc1ccc2c(c1)c([C@@H](C(=O)O)N1CCN(C=O)CC1)cn2CC(=O)O. The van der Waals surface area contributed by atoms with Gasteiger partial charge in [-0.2, -0.15) is 0 Å². The maximum Gasteiger partial charge on any atom is 0.325 e. The standard InChI is InChI=1S/C18H21N3O6/c1-27-12-2-3-15-13(8-12)14(9-21(15)10-16(23)24)17(18(25)26)20-6-4-19(11-22)5-7-20/h2-3,8-9,11,17H,4-7,10H2,1H3,(H,23,24)(H,25,26)/t17-/m0/s1. The summed E-state index contributed by atoms with van der Waals surface area (Å²) in [6, 6.07) is 4.22. The van der Waals surface area contributed by atoms with E-state index in [1.165, 1.54) is 11.7 Å². The molecule has 1 aromatic heterocycles. The molecular formula is C18H21N3O6. The van der Waals surface area contributed by atoms with E-state index in [0.29, 0.717) is 48.4 Å². The van der Waals surface area contributed by atoms with E-state index in [0.717, 1.165) is 6.41 Å². The number of rotatable bonds is 7. The third-order valence-electron chi connectivity index (χ3n) is 4.82. The Balaban J connectivity index is 2.07. The van der Waals surface area contributed by atoms with E-state index < -0.39 is 18.0 Å². The lowest BCUT2D eigenvalue weighted by molar-refractivity contribution is -0.144. The Morgan fingerprint density at radius 1 is 1.22 bits per heavy atom. The average molecular weight is 375 g/mol. The number of benzene rings is 1. The molecule has 9 nitrogen and oxygen atoms in total. The van der Waals surface area contributed by atoms with Gasteiger partial charge in [0.25, 0.3) is 0 Å². The number of methoxy groups -OCH3 is 1. The van der Waals surface area contributed by atoms with Crippen LogP contribution in [0.3, 0.4) is 0 Å². The van der Waals surface area contributed by atoms with Gasteiger partial charge in [0.05, 0.1) is 7.11 Å². The second-order valence-corrected chi connectivity index (χ2v) is 6.41. The van der Waals surface area contributed by atoms with Crippen molar-refractivity contribution in [1.82, 2.24) is 14.4 Å².